The molecule has 1 aromatic heterocycles. The van der Waals surface area contributed by atoms with Gasteiger partial charge in [0.05, 0.1) is 5.69 Å². The van der Waals surface area contributed by atoms with Gasteiger partial charge in [0.15, 0.2) is 0 Å². The molecule has 1 heterocycles. The van der Waals surface area contributed by atoms with Crippen molar-refractivity contribution in [1.29, 1.82) is 0 Å². The highest BCUT2D eigenvalue weighted by atomic mass is 32.2. The summed E-state index contributed by atoms with van der Waals surface area (Å²) in [5.74, 6) is 0.577. The standard InChI is InChI=1S/C19H30N4S.2C2H6/c1-5-8-15(7-3)18-14(4)19(22-21-18)16-9-11-17(12-10-16)23-24-20-13-6-2;2*1-2/h5,7-8,16-17,20,23H,1,3,6,9-13H2,2,4H3,(H,21,22);2*1-2H3/b15-8+;;. The number of aromatic amines is 1. The van der Waals surface area contributed by atoms with Crippen LogP contribution in [-0.2, 0) is 0 Å². The lowest BCUT2D eigenvalue weighted by Gasteiger charge is -2.28. The molecule has 1 aliphatic carbocycles. The smallest absolute Gasteiger partial charge is 0.0952 e. The van der Waals surface area contributed by atoms with E-state index in [1.807, 2.05) is 39.8 Å². The van der Waals surface area contributed by atoms with Crippen molar-refractivity contribution in [3.05, 3.63) is 48.3 Å². The lowest BCUT2D eigenvalue weighted by atomic mass is 9.83. The van der Waals surface area contributed by atoms with E-state index in [1.165, 1.54) is 36.9 Å². The molecule has 0 amide bonds. The molecule has 1 aliphatic rings. The van der Waals surface area contributed by atoms with Crippen molar-refractivity contribution < 1.29 is 0 Å². The maximum Gasteiger partial charge on any atom is 0.0952 e. The summed E-state index contributed by atoms with van der Waals surface area (Å²) in [4.78, 5) is 0. The zero-order valence-electron chi connectivity index (χ0n) is 18.9. The number of aromatic nitrogens is 2. The zero-order chi connectivity index (χ0) is 21.4. The van der Waals surface area contributed by atoms with E-state index in [9.17, 15) is 0 Å². The molecule has 3 N–H and O–H groups in total. The predicted molar refractivity (Wildman–Crippen MR) is 128 cm³/mol. The van der Waals surface area contributed by atoms with Crippen molar-refractivity contribution in [2.24, 2.45) is 0 Å². The number of hydrogen-bond donors (Lipinski definition) is 3. The van der Waals surface area contributed by atoms with Gasteiger partial charge in [-0.2, -0.15) is 5.10 Å². The molecule has 0 radical (unpaired) electrons. The van der Waals surface area contributed by atoms with E-state index in [0.717, 1.165) is 24.2 Å². The van der Waals surface area contributed by atoms with Crippen molar-refractivity contribution in [2.75, 3.05) is 6.54 Å². The summed E-state index contributed by atoms with van der Waals surface area (Å²) in [6, 6.07) is 0.600. The predicted octanol–water partition coefficient (Wildman–Crippen LogP) is 6.70. The monoisotopic (exact) mass is 406 g/mol. The van der Waals surface area contributed by atoms with E-state index in [4.69, 9.17) is 0 Å². The minimum Gasteiger partial charge on any atom is -0.281 e. The summed E-state index contributed by atoms with van der Waals surface area (Å²) in [7, 11) is 0. The van der Waals surface area contributed by atoms with Crippen molar-refractivity contribution in [3.8, 4) is 0 Å². The van der Waals surface area contributed by atoms with E-state index >= 15 is 0 Å². The molecule has 1 saturated carbocycles. The van der Waals surface area contributed by atoms with Crippen LogP contribution in [0.2, 0.25) is 0 Å². The van der Waals surface area contributed by atoms with E-state index in [2.05, 4.69) is 46.6 Å². The van der Waals surface area contributed by atoms with Gasteiger partial charge in [-0.25, -0.2) is 4.72 Å². The molecule has 0 spiro atoms. The summed E-state index contributed by atoms with van der Waals surface area (Å²) in [6.45, 7) is 21.0. The average molecular weight is 407 g/mol. The van der Waals surface area contributed by atoms with Crippen LogP contribution in [0.1, 0.15) is 89.6 Å². The maximum atomic E-state index is 4.53. The number of hydrogen-bond acceptors (Lipinski definition) is 4. The van der Waals surface area contributed by atoms with Crippen LogP contribution in [0, 0.1) is 6.92 Å². The molecule has 0 aliphatic heterocycles. The Bertz CT molecular complexity index is 569. The molecule has 0 unspecified atom stereocenters. The van der Waals surface area contributed by atoms with Gasteiger partial charge < -0.3 is 0 Å². The first kappa shape index (κ1) is 26.7. The molecule has 2 rings (SSSR count). The molecule has 0 bridgehead atoms. The lowest BCUT2D eigenvalue weighted by Crippen LogP contribution is -2.30. The van der Waals surface area contributed by atoms with Gasteiger partial charge in [0.2, 0.25) is 0 Å². The van der Waals surface area contributed by atoms with Crippen LogP contribution in [0.15, 0.2) is 31.4 Å². The first-order valence-electron chi connectivity index (χ1n) is 10.9. The van der Waals surface area contributed by atoms with Crippen LogP contribution < -0.4 is 9.44 Å². The van der Waals surface area contributed by atoms with Crippen LogP contribution in [0.5, 0.6) is 0 Å². The van der Waals surface area contributed by atoms with Crippen molar-refractivity contribution in [1.82, 2.24) is 19.6 Å². The fraction of sp³-hybridized carbons (Fsp3) is 0.609. The number of nitrogens with one attached hydrogen (secondary N) is 3. The van der Waals surface area contributed by atoms with Crippen LogP contribution in [0.3, 0.4) is 0 Å². The fourth-order valence-corrected chi connectivity index (χ4v) is 4.03. The van der Waals surface area contributed by atoms with Gasteiger partial charge in [-0.1, -0.05) is 66.0 Å². The Balaban J connectivity index is 0.00000171. The average Bonchev–Trinajstić information content (AvgIpc) is 3.14. The third-order valence-electron chi connectivity index (χ3n) is 4.62. The highest BCUT2D eigenvalue weighted by molar-refractivity contribution is 7.95. The van der Waals surface area contributed by atoms with Gasteiger partial charge in [-0.15, -0.1) is 0 Å². The van der Waals surface area contributed by atoms with Crippen molar-refractivity contribution in [3.63, 3.8) is 0 Å². The first-order valence-corrected chi connectivity index (χ1v) is 11.7. The second-order valence-corrected chi connectivity index (χ2v) is 7.06. The van der Waals surface area contributed by atoms with Gasteiger partial charge in [-0.05, 0) is 44.6 Å². The summed E-state index contributed by atoms with van der Waals surface area (Å²) >= 11 is 1.65. The largest absolute Gasteiger partial charge is 0.281 e. The van der Waals surface area contributed by atoms with Crippen LogP contribution in [0.25, 0.3) is 5.57 Å². The van der Waals surface area contributed by atoms with Crippen LogP contribution in [-0.4, -0.2) is 22.8 Å². The summed E-state index contributed by atoms with van der Waals surface area (Å²) < 4.78 is 6.87. The Morgan fingerprint density at radius 1 is 1.18 bits per heavy atom. The minimum absolute atomic E-state index is 0.577. The maximum absolute atomic E-state index is 4.53. The number of nitrogens with zero attached hydrogens (tertiary/aromatic N) is 1. The zero-order valence-corrected chi connectivity index (χ0v) is 19.7. The Morgan fingerprint density at radius 3 is 2.36 bits per heavy atom. The Kier molecular flexibility index (Phi) is 15.9. The first-order chi connectivity index (χ1) is 13.7. The molecular formula is C23H42N4S. The van der Waals surface area contributed by atoms with Crippen LogP contribution in [0.4, 0.5) is 0 Å². The van der Waals surface area contributed by atoms with E-state index in [-0.39, 0.29) is 0 Å². The van der Waals surface area contributed by atoms with Crippen LogP contribution >= 0.6 is 12.1 Å². The molecule has 5 heteroatoms. The second-order valence-electron chi connectivity index (χ2n) is 6.34. The molecular weight excluding hydrogens is 364 g/mol. The van der Waals surface area contributed by atoms with Gasteiger partial charge in [0.1, 0.15) is 0 Å². The molecule has 1 fully saturated rings. The van der Waals surface area contributed by atoms with Gasteiger partial charge in [0, 0.05) is 41.9 Å². The van der Waals surface area contributed by atoms with Gasteiger partial charge >= 0.3 is 0 Å². The van der Waals surface area contributed by atoms with Gasteiger partial charge in [-0.3, -0.25) is 9.82 Å². The molecule has 28 heavy (non-hydrogen) atoms. The Morgan fingerprint density at radius 2 is 1.82 bits per heavy atom. The fourth-order valence-electron chi connectivity index (χ4n) is 3.24. The van der Waals surface area contributed by atoms with E-state index in [0.29, 0.717) is 12.0 Å². The number of allylic oxidation sites excluding steroid dienone is 4. The quantitative estimate of drug-likeness (QED) is 0.242. The lowest BCUT2D eigenvalue weighted by molar-refractivity contribution is 0.375. The number of H-pyrrole nitrogens is 1. The Hall–Kier alpha value is -1.30. The summed E-state index contributed by atoms with van der Waals surface area (Å²) in [5.41, 5.74) is 4.56. The SMILES string of the molecule is C=C/C=C(\C=C)c1n[nH]c(C2CCC(NSNCCC)CC2)c1C.CC.CC. The Labute approximate surface area is 178 Å². The molecule has 0 aromatic carbocycles. The topological polar surface area (TPSA) is 52.7 Å². The van der Waals surface area contributed by atoms with E-state index < -0.39 is 0 Å². The summed E-state index contributed by atoms with van der Waals surface area (Å²) in [6.07, 6.45) is 11.6. The summed E-state index contributed by atoms with van der Waals surface area (Å²) in [5, 5.41) is 7.81. The molecule has 0 atom stereocenters. The third kappa shape index (κ3) is 8.38. The molecule has 0 saturated heterocycles. The normalized spacial score (nSPS) is 19.0. The third-order valence-corrected chi connectivity index (χ3v) is 5.42. The number of rotatable bonds is 9. The molecule has 160 valence electrons. The minimum atomic E-state index is 0.577. The molecule has 4 nitrogen and oxygen atoms in total. The van der Waals surface area contributed by atoms with E-state index in [1.54, 1.807) is 18.2 Å². The van der Waals surface area contributed by atoms with Crippen molar-refractivity contribution >= 4 is 17.7 Å². The highest BCUT2D eigenvalue weighted by Gasteiger charge is 2.25. The highest BCUT2D eigenvalue weighted by Crippen LogP contribution is 2.35. The second kappa shape index (κ2) is 16.6. The molecule has 1 aromatic rings. The van der Waals surface area contributed by atoms with Crippen molar-refractivity contribution in [2.45, 2.75) is 85.6 Å². The van der Waals surface area contributed by atoms with Gasteiger partial charge in [0.25, 0.3) is 0 Å².